The molecule has 0 spiro atoms. The molecule has 0 atom stereocenters. The smallest absolute Gasteiger partial charge is 0.231 e. The first kappa shape index (κ1) is 17.2. The third-order valence-corrected chi connectivity index (χ3v) is 4.08. The monoisotopic (exact) mass is 417 g/mol. The molecule has 0 bridgehead atoms. The van der Waals surface area contributed by atoms with Gasteiger partial charge in [0.05, 0.1) is 0 Å². The normalized spacial score (nSPS) is 19.0. The summed E-state index contributed by atoms with van der Waals surface area (Å²) < 4.78 is 10.7. The lowest BCUT2D eigenvalue weighted by Crippen LogP contribution is -2.40. The molecule has 0 aliphatic carbocycles. The summed E-state index contributed by atoms with van der Waals surface area (Å²) in [6.45, 7) is 7.77. The second-order valence-corrected chi connectivity index (χ2v) is 6.42. The first-order valence-electron chi connectivity index (χ1n) is 7.41. The first-order valence-corrected chi connectivity index (χ1v) is 7.41. The Labute approximate surface area is 149 Å². The number of aliphatic imine (C=N–C) groups is 1. The lowest BCUT2D eigenvalue weighted by Gasteiger charge is -2.23. The molecule has 1 aromatic carbocycles. The van der Waals surface area contributed by atoms with E-state index < -0.39 is 0 Å². The van der Waals surface area contributed by atoms with E-state index in [0.717, 1.165) is 37.1 Å². The van der Waals surface area contributed by atoms with Crippen LogP contribution in [0.5, 0.6) is 11.5 Å². The van der Waals surface area contributed by atoms with E-state index in [1.807, 2.05) is 19.2 Å². The number of guanidine groups is 1. The molecule has 1 fully saturated rings. The van der Waals surface area contributed by atoms with Crippen molar-refractivity contribution in [1.29, 1.82) is 0 Å². The quantitative estimate of drug-likeness (QED) is 0.457. The number of nitrogens with one attached hydrogen (secondary N) is 1. The molecule has 5 nitrogen and oxygen atoms in total. The Morgan fingerprint density at radius 2 is 2.09 bits per heavy atom. The molecule has 1 saturated heterocycles. The van der Waals surface area contributed by atoms with Crippen LogP contribution in [-0.2, 0) is 6.54 Å². The van der Waals surface area contributed by atoms with Crippen LogP contribution in [0.25, 0.3) is 0 Å². The molecule has 2 heterocycles. The molecule has 1 aromatic rings. The van der Waals surface area contributed by atoms with Gasteiger partial charge in [-0.3, -0.25) is 4.99 Å². The van der Waals surface area contributed by atoms with Crippen molar-refractivity contribution < 1.29 is 9.47 Å². The number of nitrogens with zero attached hydrogens (tertiary/aromatic N) is 2. The van der Waals surface area contributed by atoms with Crippen molar-refractivity contribution in [2.24, 2.45) is 10.4 Å². The summed E-state index contributed by atoms with van der Waals surface area (Å²) in [4.78, 5) is 6.73. The van der Waals surface area contributed by atoms with E-state index in [-0.39, 0.29) is 24.0 Å². The topological polar surface area (TPSA) is 46.1 Å². The average molecular weight is 417 g/mol. The number of ether oxygens (including phenoxy) is 2. The lowest BCUT2D eigenvalue weighted by molar-refractivity contribution is 0.174. The maximum Gasteiger partial charge on any atom is 0.231 e. The van der Waals surface area contributed by atoms with Crippen LogP contribution in [-0.4, -0.2) is 37.8 Å². The van der Waals surface area contributed by atoms with Crippen molar-refractivity contribution in [3.63, 3.8) is 0 Å². The first-order chi connectivity index (χ1) is 10.1. The molecule has 0 radical (unpaired) electrons. The number of benzene rings is 1. The Morgan fingerprint density at radius 1 is 1.32 bits per heavy atom. The van der Waals surface area contributed by atoms with E-state index in [0.29, 0.717) is 12.2 Å². The highest BCUT2D eigenvalue weighted by Gasteiger charge is 2.30. The van der Waals surface area contributed by atoms with E-state index in [1.54, 1.807) is 0 Å². The minimum Gasteiger partial charge on any atom is -0.454 e. The zero-order valence-corrected chi connectivity index (χ0v) is 15.7. The van der Waals surface area contributed by atoms with Gasteiger partial charge < -0.3 is 19.7 Å². The van der Waals surface area contributed by atoms with Gasteiger partial charge in [-0.2, -0.15) is 0 Å². The fourth-order valence-corrected chi connectivity index (χ4v) is 2.86. The number of rotatable bonds is 2. The second kappa shape index (κ2) is 6.93. The summed E-state index contributed by atoms with van der Waals surface area (Å²) in [5, 5.41) is 3.44. The maximum absolute atomic E-state index is 5.41. The summed E-state index contributed by atoms with van der Waals surface area (Å²) in [5.41, 5.74) is 1.54. The van der Waals surface area contributed by atoms with Gasteiger partial charge in [0.15, 0.2) is 17.5 Å². The molecule has 0 unspecified atom stereocenters. The van der Waals surface area contributed by atoms with Crippen molar-refractivity contribution in [2.75, 3.05) is 26.9 Å². The van der Waals surface area contributed by atoms with Gasteiger partial charge in [0.2, 0.25) is 6.79 Å². The Bertz CT molecular complexity index is 560. The zero-order chi connectivity index (χ0) is 14.9. The van der Waals surface area contributed by atoms with Crippen LogP contribution < -0.4 is 14.8 Å². The van der Waals surface area contributed by atoms with Crippen molar-refractivity contribution in [3.05, 3.63) is 23.8 Å². The molecule has 0 amide bonds. The van der Waals surface area contributed by atoms with Crippen LogP contribution in [0.3, 0.4) is 0 Å². The second-order valence-electron chi connectivity index (χ2n) is 6.42. The van der Waals surface area contributed by atoms with Crippen LogP contribution in [0.4, 0.5) is 0 Å². The van der Waals surface area contributed by atoms with Crippen molar-refractivity contribution in [2.45, 2.75) is 26.8 Å². The Kier molecular flexibility index (Phi) is 5.41. The van der Waals surface area contributed by atoms with Gasteiger partial charge in [0.25, 0.3) is 0 Å². The summed E-state index contributed by atoms with van der Waals surface area (Å²) in [7, 11) is 1.84. The van der Waals surface area contributed by atoms with Gasteiger partial charge in [-0.25, -0.2) is 0 Å². The van der Waals surface area contributed by atoms with Gasteiger partial charge in [-0.1, -0.05) is 19.9 Å². The average Bonchev–Trinajstić information content (AvgIpc) is 3.05. The van der Waals surface area contributed by atoms with E-state index in [1.165, 1.54) is 12.0 Å². The van der Waals surface area contributed by atoms with E-state index in [2.05, 4.69) is 35.1 Å². The summed E-state index contributed by atoms with van der Waals surface area (Å²) >= 11 is 0. The molecular formula is C16H24IN3O2. The molecule has 3 rings (SSSR count). The third-order valence-electron chi connectivity index (χ3n) is 4.08. The molecule has 2 aliphatic rings. The van der Waals surface area contributed by atoms with Crippen LogP contribution in [0, 0.1) is 5.41 Å². The molecule has 22 heavy (non-hydrogen) atoms. The van der Waals surface area contributed by atoms with Crippen LogP contribution in [0.1, 0.15) is 25.8 Å². The van der Waals surface area contributed by atoms with E-state index in [4.69, 9.17) is 9.47 Å². The highest BCUT2D eigenvalue weighted by Crippen LogP contribution is 2.32. The van der Waals surface area contributed by atoms with Crippen LogP contribution in [0.2, 0.25) is 0 Å². The molecule has 1 N–H and O–H groups in total. The van der Waals surface area contributed by atoms with Gasteiger partial charge in [0.1, 0.15) is 0 Å². The number of hydrogen-bond donors (Lipinski definition) is 1. The zero-order valence-electron chi connectivity index (χ0n) is 13.4. The molecule has 6 heteroatoms. The molecule has 122 valence electrons. The van der Waals surface area contributed by atoms with Crippen molar-refractivity contribution >= 4 is 29.9 Å². The summed E-state index contributed by atoms with van der Waals surface area (Å²) in [6, 6.07) is 6.04. The molecule has 2 aliphatic heterocycles. The number of halogens is 1. The summed E-state index contributed by atoms with van der Waals surface area (Å²) in [5.74, 6) is 2.62. The largest absolute Gasteiger partial charge is 0.454 e. The predicted octanol–water partition coefficient (Wildman–Crippen LogP) is 2.84. The number of fused-ring (bicyclic) bond motifs is 1. The molecular weight excluding hydrogens is 393 g/mol. The van der Waals surface area contributed by atoms with E-state index >= 15 is 0 Å². The van der Waals surface area contributed by atoms with Crippen LogP contribution in [0.15, 0.2) is 23.2 Å². The maximum atomic E-state index is 5.41. The fourth-order valence-electron chi connectivity index (χ4n) is 2.86. The molecule has 0 saturated carbocycles. The number of likely N-dealkylation sites (tertiary alicyclic amines) is 1. The SMILES string of the molecule is CN=C(NCc1ccc2c(c1)OCO2)N1CCC(C)(C)C1.I. The minimum absolute atomic E-state index is 0. The number of hydrogen-bond acceptors (Lipinski definition) is 3. The predicted molar refractivity (Wildman–Crippen MR) is 98.1 cm³/mol. The van der Waals surface area contributed by atoms with Crippen molar-refractivity contribution in [1.82, 2.24) is 10.2 Å². The minimum atomic E-state index is 0. The van der Waals surface area contributed by atoms with Gasteiger partial charge in [-0.15, -0.1) is 24.0 Å². The molecule has 0 aromatic heterocycles. The van der Waals surface area contributed by atoms with Gasteiger partial charge in [0, 0.05) is 26.7 Å². The third kappa shape index (κ3) is 3.77. The lowest BCUT2D eigenvalue weighted by atomic mass is 9.93. The highest BCUT2D eigenvalue weighted by molar-refractivity contribution is 14.0. The van der Waals surface area contributed by atoms with Crippen LogP contribution >= 0.6 is 24.0 Å². The van der Waals surface area contributed by atoms with Gasteiger partial charge in [-0.05, 0) is 29.5 Å². The van der Waals surface area contributed by atoms with Gasteiger partial charge >= 0.3 is 0 Å². The Morgan fingerprint density at radius 3 is 2.77 bits per heavy atom. The van der Waals surface area contributed by atoms with E-state index in [9.17, 15) is 0 Å². The Hall–Kier alpha value is -1.18. The highest BCUT2D eigenvalue weighted by atomic mass is 127. The van der Waals surface area contributed by atoms with Crippen molar-refractivity contribution in [3.8, 4) is 11.5 Å². The Balaban J connectivity index is 0.00000176. The fraction of sp³-hybridized carbons (Fsp3) is 0.562. The summed E-state index contributed by atoms with van der Waals surface area (Å²) in [6.07, 6.45) is 1.21. The standard InChI is InChI=1S/C16H23N3O2.HI/c1-16(2)6-7-19(10-16)15(17-3)18-9-12-4-5-13-14(8-12)21-11-20-13;/h4-5,8H,6-7,9-11H2,1-3H3,(H,17,18);1H.